The molecule has 3 aliphatic carbocycles. The fourth-order valence-electron chi connectivity index (χ4n) is 5.20. The molecule has 4 aliphatic rings. The van der Waals surface area contributed by atoms with Gasteiger partial charge in [0.2, 0.25) is 11.8 Å². The lowest BCUT2D eigenvalue weighted by atomic mass is 9.85. The van der Waals surface area contributed by atoms with E-state index in [-0.39, 0.29) is 46.7 Å². The molecule has 1 saturated heterocycles. The zero-order valence-corrected chi connectivity index (χ0v) is 12.9. The molecular weight excluding hydrogens is 290 g/mol. The summed E-state index contributed by atoms with van der Waals surface area (Å²) in [5, 5.41) is 0. The Hall–Kier alpha value is -2.23. The molecule has 0 radical (unpaired) electrons. The molecule has 0 aromatic heterocycles. The average molecular weight is 307 g/mol. The number of allylic oxidation sites excluding steroid dienone is 2. The van der Waals surface area contributed by atoms with Gasteiger partial charge in [-0.05, 0) is 49.1 Å². The minimum absolute atomic E-state index is 0.0650. The molecular formula is C19H17NO3. The molecule has 1 aromatic rings. The summed E-state index contributed by atoms with van der Waals surface area (Å²) in [6.45, 7) is 1.49. The third kappa shape index (κ3) is 1.44. The zero-order valence-electron chi connectivity index (χ0n) is 12.9. The van der Waals surface area contributed by atoms with Gasteiger partial charge >= 0.3 is 0 Å². The number of hydrogen-bond donors (Lipinski definition) is 0. The maximum absolute atomic E-state index is 13.0. The van der Waals surface area contributed by atoms with Crippen molar-refractivity contribution in [2.24, 2.45) is 29.1 Å². The highest BCUT2D eigenvalue weighted by Gasteiger charge is 2.73. The van der Waals surface area contributed by atoms with Gasteiger partial charge in [0.05, 0.1) is 17.5 Å². The van der Waals surface area contributed by atoms with Crippen molar-refractivity contribution in [3.8, 4) is 0 Å². The molecule has 1 aliphatic heterocycles. The number of nitrogens with zero attached hydrogens (tertiary/aromatic N) is 1. The molecule has 4 unspecified atom stereocenters. The standard InChI is InChI=1S/C19H17NO3/c1-10(21)11-3-2-4-12(9-11)20-17(22)15-13-5-6-14(16(15)18(20)23)19(13)7-8-19/h2-6,9,13-16H,7-8H2,1H3. The summed E-state index contributed by atoms with van der Waals surface area (Å²) in [6.07, 6.45) is 6.62. The van der Waals surface area contributed by atoms with Crippen LogP contribution in [-0.2, 0) is 9.59 Å². The summed E-state index contributed by atoms with van der Waals surface area (Å²) >= 11 is 0. The summed E-state index contributed by atoms with van der Waals surface area (Å²) in [6, 6.07) is 6.84. The first-order valence-electron chi connectivity index (χ1n) is 8.22. The first kappa shape index (κ1) is 13.2. The fourth-order valence-corrected chi connectivity index (χ4v) is 5.20. The number of carbonyl (C=O) groups excluding carboxylic acids is 3. The summed E-state index contributed by atoms with van der Waals surface area (Å²) in [5.74, 6) is -0.149. The predicted octanol–water partition coefficient (Wildman–Crippen LogP) is 2.59. The summed E-state index contributed by atoms with van der Waals surface area (Å²) in [5.41, 5.74) is 1.28. The largest absolute Gasteiger partial charge is 0.295 e. The van der Waals surface area contributed by atoms with Crippen LogP contribution >= 0.6 is 0 Å². The number of rotatable bonds is 2. The molecule has 2 bridgehead atoms. The van der Waals surface area contributed by atoms with Gasteiger partial charge in [0, 0.05) is 5.56 Å². The first-order chi connectivity index (χ1) is 11.0. The van der Waals surface area contributed by atoms with E-state index in [0.29, 0.717) is 11.3 Å². The quantitative estimate of drug-likeness (QED) is 0.479. The van der Waals surface area contributed by atoms with Crippen LogP contribution in [0.2, 0.25) is 0 Å². The van der Waals surface area contributed by atoms with Crippen molar-refractivity contribution in [3.63, 3.8) is 0 Å². The Morgan fingerprint density at radius 3 is 2.22 bits per heavy atom. The van der Waals surface area contributed by atoms with E-state index in [9.17, 15) is 14.4 Å². The second-order valence-corrected chi connectivity index (χ2v) is 7.34. The topological polar surface area (TPSA) is 54.5 Å². The van der Waals surface area contributed by atoms with Crippen LogP contribution in [0, 0.1) is 29.1 Å². The van der Waals surface area contributed by atoms with E-state index in [2.05, 4.69) is 12.2 Å². The molecule has 1 spiro atoms. The Bertz CT molecular complexity index is 771. The van der Waals surface area contributed by atoms with Crippen molar-refractivity contribution in [2.45, 2.75) is 19.8 Å². The maximum atomic E-state index is 13.0. The van der Waals surface area contributed by atoms with Gasteiger partial charge < -0.3 is 0 Å². The molecule has 0 N–H and O–H groups in total. The van der Waals surface area contributed by atoms with Crippen LogP contribution in [-0.4, -0.2) is 17.6 Å². The average Bonchev–Trinajstić information content (AvgIpc) is 3.13. The fraction of sp³-hybridized carbons (Fsp3) is 0.421. The lowest BCUT2D eigenvalue weighted by Crippen LogP contribution is -2.34. The summed E-state index contributed by atoms with van der Waals surface area (Å²) in [7, 11) is 0. The Balaban J connectivity index is 1.56. The number of fused-ring (bicyclic) bond motifs is 3. The third-order valence-electron chi connectivity index (χ3n) is 6.36. The Morgan fingerprint density at radius 2 is 1.70 bits per heavy atom. The monoisotopic (exact) mass is 307 g/mol. The Labute approximate surface area is 134 Å². The van der Waals surface area contributed by atoms with E-state index in [1.807, 2.05) is 0 Å². The third-order valence-corrected chi connectivity index (χ3v) is 6.36. The second kappa shape index (κ2) is 3.99. The van der Waals surface area contributed by atoms with Crippen LogP contribution in [0.3, 0.4) is 0 Å². The molecule has 2 saturated carbocycles. The Morgan fingerprint density at radius 1 is 1.09 bits per heavy atom. The van der Waals surface area contributed by atoms with E-state index in [1.54, 1.807) is 24.3 Å². The van der Waals surface area contributed by atoms with Gasteiger partial charge in [-0.1, -0.05) is 24.3 Å². The van der Waals surface area contributed by atoms with Gasteiger partial charge in [0.25, 0.3) is 0 Å². The van der Waals surface area contributed by atoms with Gasteiger partial charge in [-0.3, -0.25) is 14.4 Å². The van der Waals surface area contributed by atoms with Gasteiger partial charge in [-0.2, -0.15) is 0 Å². The normalized spacial score (nSPS) is 35.3. The molecule has 116 valence electrons. The number of anilines is 1. The molecule has 1 aromatic carbocycles. The van der Waals surface area contributed by atoms with Crippen molar-refractivity contribution in [1.82, 2.24) is 0 Å². The van der Waals surface area contributed by atoms with Gasteiger partial charge in [-0.25, -0.2) is 4.90 Å². The SMILES string of the molecule is CC(=O)c1cccc(N2C(=O)C3C(C2=O)C2C=CC3C23CC3)c1. The van der Waals surface area contributed by atoms with Crippen molar-refractivity contribution in [1.29, 1.82) is 0 Å². The molecule has 23 heavy (non-hydrogen) atoms. The number of hydrogen-bond acceptors (Lipinski definition) is 3. The smallest absolute Gasteiger partial charge is 0.238 e. The minimum Gasteiger partial charge on any atom is -0.295 e. The molecule has 4 heteroatoms. The van der Waals surface area contributed by atoms with Crippen molar-refractivity contribution < 1.29 is 14.4 Å². The number of Topliss-reactive ketones (excluding diaryl/α,β-unsaturated/α-hetero) is 1. The number of carbonyl (C=O) groups is 3. The van der Waals surface area contributed by atoms with Crippen LogP contribution in [0.25, 0.3) is 0 Å². The van der Waals surface area contributed by atoms with Crippen molar-refractivity contribution in [3.05, 3.63) is 42.0 Å². The van der Waals surface area contributed by atoms with Gasteiger partial charge in [-0.15, -0.1) is 0 Å². The lowest BCUT2D eigenvalue weighted by Gasteiger charge is -2.22. The van der Waals surface area contributed by atoms with Crippen LogP contribution in [0.1, 0.15) is 30.1 Å². The van der Waals surface area contributed by atoms with E-state index in [1.165, 1.54) is 11.8 Å². The molecule has 4 atom stereocenters. The second-order valence-electron chi connectivity index (χ2n) is 7.34. The van der Waals surface area contributed by atoms with E-state index < -0.39 is 0 Å². The predicted molar refractivity (Wildman–Crippen MR) is 83.7 cm³/mol. The van der Waals surface area contributed by atoms with Gasteiger partial charge in [0.15, 0.2) is 5.78 Å². The number of ketones is 1. The van der Waals surface area contributed by atoms with Crippen LogP contribution in [0.4, 0.5) is 5.69 Å². The molecule has 2 amide bonds. The van der Waals surface area contributed by atoms with Gasteiger partial charge in [0.1, 0.15) is 0 Å². The van der Waals surface area contributed by atoms with E-state index in [4.69, 9.17) is 0 Å². The highest BCUT2D eigenvalue weighted by molar-refractivity contribution is 6.23. The maximum Gasteiger partial charge on any atom is 0.238 e. The number of benzene rings is 1. The molecule has 5 rings (SSSR count). The number of imide groups is 1. The lowest BCUT2D eigenvalue weighted by molar-refractivity contribution is -0.123. The highest BCUT2D eigenvalue weighted by Crippen LogP contribution is 2.73. The van der Waals surface area contributed by atoms with E-state index in [0.717, 1.165) is 12.8 Å². The highest BCUT2D eigenvalue weighted by atomic mass is 16.2. The van der Waals surface area contributed by atoms with Crippen LogP contribution < -0.4 is 4.90 Å². The molecule has 1 heterocycles. The first-order valence-corrected chi connectivity index (χ1v) is 8.22. The van der Waals surface area contributed by atoms with Crippen molar-refractivity contribution >= 4 is 23.3 Å². The van der Waals surface area contributed by atoms with E-state index >= 15 is 0 Å². The minimum atomic E-state index is -0.194. The number of amides is 2. The summed E-state index contributed by atoms with van der Waals surface area (Å²) in [4.78, 5) is 38.8. The van der Waals surface area contributed by atoms with Crippen LogP contribution in [0.15, 0.2) is 36.4 Å². The van der Waals surface area contributed by atoms with Crippen LogP contribution in [0.5, 0.6) is 0 Å². The summed E-state index contributed by atoms with van der Waals surface area (Å²) < 4.78 is 0. The molecule has 4 nitrogen and oxygen atoms in total. The molecule has 3 fully saturated rings. The zero-order chi connectivity index (χ0) is 15.9. The van der Waals surface area contributed by atoms with Crippen molar-refractivity contribution in [2.75, 3.05) is 4.90 Å². The Kier molecular flexibility index (Phi) is 2.30.